The molecule has 0 aliphatic carbocycles. The first-order chi connectivity index (χ1) is 17.9. The van der Waals surface area contributed by atoms with E-state index in [0.29, 0.717) is 48.9 Å². The quantitative estimate of drug-likeness (QED) is 0.421. The van der Waals surface area contributed by atoms with Crippen molar-refractivity contribution in [3.63, 3.8) is 0 Å². The van der Waals surface area contributed by atoms with E-state index in [1.54, 1.807) is 55.5 Å². The number of hydrogen-bond acceptors (Lipinski definition) is 7. The van der Waals surface area contributed by atoms with Crippen molar-refractivity contribution >= 4 is 24.0 Å². The van der Waals surface area contributed by atoms with Crippen LogP contribution in [-0.4, -0.2) is 72.1 Å². The number of piperazine rings is 1. The van der Waals surface area contributed by atoms with Gasteiger partial charge in [-0.2, -0.15) is 0 Å². The molecule has 9 nitrogen and oxygen atoms in total. The molecule has 1 aromatic heterocycles. The molecule has 2 heterocycles. The topological polar surface area (TPSA) is 111 Å². The third-order valence-electron chi connectivity index (χ3n) is 5.95. The van der Waals surface area contributed by atoms with Crippen LogP contribution in [0.3, 0.4) is 0 Å². The van der Waals surface area contributed by atoms with Crippen LogP contribution in [-0.2, 0) is 4.79 Å². The molecule has 3 aromatic rings. The zero-order valence-electron chi connectivity index (χ0n) is 21.3. The van der Waals surface area contributed by atoms with Gasteiger partial charge in [0.25, 0.3) is 5.91 Å². The van der Waals surface area contributed by atoms with Crippen molar-refractivity contribution in [3.05, 3.63) is 71.8 Å². The van der Waals surface area contributed by atoms with E-state index in [9.17, 15) is 14.0 Å². The number of hydrogen-bond donors (Lipinski definition) is 3. The van der Waals surface area contributed by atoms with E-state index >= 15 is 0 Å². The lowest BCUT2D eigenvalue weighted by atomic mass is 10.0. The van der Waals surface area contributed by atoms with Crippen molar-refractivity contribution in [2.45, 2.75) is 19.9 Å². The van der Waals surface area contributed by atoms with Gasteiger partial charge in [-0.15, -0.1) is 0 Å². The Balaban J connectivity index is 0.00000121. The minimum atomic E-state index is -0.358. The number of aromatic nitrogens is 2. The van der Waals surface area contributed by atoms with Crippen LogP contribution in [0.5, 0.6) is 0 Å². The Bertz CT molecular complexity index is 1180. The summed E-state index contributed by atoms with van der Waals surface area (Å²) in [4.78, 5) is 36.2. The Hall–Kier alpha value is -4.05. The van der Waals surface area contributed by atoms with Crippen LogP contribution in [0.1, 0.15) is 35.8 Å². The number of aliphatic hydroxyl groups excluding tert-OH is 1. The second kappa shape index (κ2) is 13.3. The fourth-order valence-corrected chi connectivity index (χ4v) is 3.97. The van der Waals surface area contributed by atoms with Crippen LogP contribution in [0.15, 0.2) is 54.9 Å². The Morgan fingerprint density at radius 3 is 2.35 bits per heavy atom. The van der Waals surface area contributed by atoms with Gasteiger partial charge in [0.15, 0.2) is 0 Å². The van der Waals surface area contributed by atoms with Gasteiger partial charge in [-0.25, -0.2) is 14.4 Å². The molecular weight excluding hydrogens is 475 g/mol. The Kier molecular flexibility index (Phi) is 9.91. The van der Waals surface area contributed by atoms with Crippen LogP contribution < -0.4 is 15.5 Å². The molecule has 37 heavy (non-hydrogen) atoms. The zero-order valence-corrected chi connectivity index (χ0v) is 21.3. The number of benzene rings is 2. The van der Waals surface area contributed by atoms with Crippen molar-refractivity contribution in [2.75, 3.05) is 50.1 Å². The highest BCUT2D eigenvalue weighted by molar-refractivity contribution is 6.00. The van der Waals surface area contributed by atoms with Gasteiger partial charge >= 0.3 is 0 Å². The van der Waals surface area contributed by atoms with E-state index < -0.39 is 0 Å². The summed E-state index contributed by atoms with van der Waals surface area (Å²) in [5, 5.41) is 13.5. The molecule has 1 aliphatic heterocycles. The first kappa shape index (κ1) is 27.5. The molecule has 1 fully saturated rings. The van der Waals surface area contributed by atoms with Crippen molar-refractivity contribution in [3.8, 4) is 11.1 Å². The summed E-state index contributed by atoms with van der Waals surface area (Å²) in [6.07, 6.45) is 4.35. The average molecular weight is 509 g/mol. The molecule has 0 unspecified atom stereocenters. The van der Waals surface area contributed by atoms with Crippen LogP contribution in [0.4, 0.5) is 16.0 Å². The van der Waals surface area contributed by atoms with Gasteiger partial charge in [-0.3, -0.25) is 9.59 Å². The minimum Gasteiger partial charge on any atom is -0.397 e. The minimum absolute atomic E-state index is 0.240. The smallest absolute Gasteiger partial charge is 0.253 e. The summed E-state index contributed by atoms with van der Waals surface area (Å²) in [6.45, 7) is 6.43. The lowest BCUT2D eigenvalue weighted by Crippen LogP contribution is -2.46. The van der Waals surface area contributed by atoms with Gasteiger partial charge in [-0.1, -0.05) is 24.3 Å². The maximum absolute atomic E-state index is 14.3. The second-order valence-electron chi connectivity index (χ2n) is 8.44. The van der Waals surface area contributed by atoms with Gasteiger partial charge in [0, 0.05) is 69.0 Å². The first-order valence-electron chi connectivity index (χ1n) is 12.2. The number of nitrogens with zero attached hydrogens (tertiary/aromatic N) is 4. The van der Waals surface area contributed by atoms with Crippen molar-refractivity contribution in [1.82, 2.24) is 20.2 Å². The Labute approximate surface area is 216 Å². The molecule has 1 atom stereocenters. The van der Waals surface area contributed by atoms with Gasteiger partial charge in [-0.05, 0) is 37.6 Å². The molecule has 0 bridgehead atoms. The molecule has 3 N–H and O–H groups in total. The number of halogens is 1. The molecule has 0 saturated carbocycles. The number of anilines is 2. The third kappa shape index (κ3) is 7.01. The monoisotopic (exact) mass is 508 g/mol. The highest BCUT2D eigenvalue weighted by atomic mass is 19.1. The summed E-state index contributed by atoms with van der Waals surface area (Å²) in [6, 6.07) is 11.6. The van der Waals surface area contributed by atoms with E-state index in [4.69, 9.17) is 5.11 Å². The largest absolute Gasteiger partial charge is 0.397 e. The molecule has 2 amide bonds. The number of rotatable bonds is 7. The van der Waals surface area contributed by atoms with E-state index in [1.807, 2.05) is 24.0 Å². The molecule has 1 aliphatic rings. The lowest BCUT2D eigenvalue weighted by Gasteiger charge is -2.32. The average Bonchev–Trinajstić information content (AvgIpc) is 2.93. The summed E-state index contributed by atoms with van der Waals surface area (Å²) in [7, 11) is 1.57. The molecule has 0 spiro atoms. The van der Waals surface area contributed by atoms with Crippen molar-refractivity contribution in [1.29, 1.82) is 0 Å². The van der Waals surface area contributed by atoms with Crippen LogP contribution in [0.2, 0.25) is 0 Å². The first-order valence-corrected chi connectivity index (χ1v) is 12.2. The highest BCUT2D eigenvalue weighted by Crippen LogP contribution is 2.29. The van der Waals surface area contributed by atoms with Crippen molar-refractivity contribution in [2.24, 2.45) is 0 Å². The molecular formula is C27H33FN6O3. The number of carbonyl (C=O) groups excluding carboxylic acids is 2. The van der Waals surface area contributed by atoms with E-state index in [1.165, 1.54) is 6.07 Å². The van der Waals surface area contributed by atoms with Crippen LogP contribution in [0, 0.1) is 5.82 Å². The summed E-state index contributed by atoms with van der Waals surface area (Å²) < 4.78 is 14.3. The molecule has 4 rings (SSSR count). The maximum Gasteiger partial charge on any atom is 0.253 e. The highest BCUT2D eigenvalue weighted by Gasteiger charge is 2.19. The molecule has 0 radical (unpaired) electrons. The maximum atomic E-state index is 14.3. The summed E-state index contributed by atoms with van der Waals surface area (Å²) >= 11 is 0. The second-order valence-corrected chi connectivity index (χ2v) is 8.44. The lowest BCUT2D eigenvalue weighted by molar-refractivity contribution is -0.118. The number of aliphatic hydroxyl groups is 1. The van der Waals surface area contributed by atoms with E-state index in [-0.39, 0.29) is 24.4 Å². The van der Waals surface area contributed by atoms with Crippen LogP contribution >= 0.6 is 0 Å². The van der Waals surface area contributed by atoms with Gasteiger partial charge in [0.2, 0.25) is 12.4 Å². The van der Waals surface area contributed by atoms with Crippen molar-refractivity contribution < 1.29 is 19.1 Å². The standard InChI is InChI=1S/C25H27FN6O2.C2H6O/c1-17(20-5-3-4-6-22(20)26)30-23-13-18(7-8-21(23)24(34)27-2)19-14-28-25(29-15-19)32-11-9-31(16-33)10-12-32;1-2-3/h3-8,13-17,30H,9-12H2,1-2H3,(H,27,34);3H,2H2,1H3/t17-;/m1./s1. The Morgan fingerprint density at radius 1 is 1.11 bits per heavy atom. The normalized spacial score (nSPS) is 13.8. The predicted molar refractivity (Wildman–Crippen MR) is 142 cm³/mol. The van der Waals surface area contributed by atoms with E-state index in [0.717, 1.165) is 17.5 Å². The number of nitrogens with one attached hydrogen (secondary N) is 2. The number of amides is 2. The zero-order chi connectivity index (χ0) is 26.8. The van der Waals surface area contributed by atoms with Gasteiger partial charge in [0.1, 0.15) is 5.82 Å². The third-order valence-corrected chi connectivity index (χ3v) is 5.95. The fraction of sp³-hybridized carbons (Fsp3) is 0.333. The van der Waals surface area contributed by atoms with E-state index in [2.05, 4.69) is 20.6 Å². The van der Waals surface area contributed by atoms with Gasteiger partial charge in [0.05, 0.1) is 11.6 Å². The molecule has 10 heteroatoms. The molecule has 196 valence electrons. The fourth-order valence-electron chi connectivity index (χ4n) is 3.97. The molecule has 2 aromatic carbocycles. The number of carbonyl (C=O) groups is 2. The predicted octanol–water partition coefficient (Wildman–Crippen LogP) is 3.09. The molecule has 1 saturated heterocycles. The summed E-state index contributed by atoms with van der Waals surface area (Å²) in [5.41, 5.74) is 3.17. The van der Waals surface area contributed by atoms with Crippen LogP contribution in [0.25, 0.3) is 11.1 Å². The SMILES string of the molecule is CCO.CNC(=O)c1ccc(-c2cnc(N3CCN(C=O)CC3)nc2)cc1N[C@H](C)c1ccccc1F. The van der Waals surface area contributed by atoms with Gasteiger partial charge < -0.3 is 25.5 Å². The summed E-state index contributed by atoms with van der Waals surface area (Å²) in [5.74, 6) is 0.0664. The Morgan fingerprint density at radius 2 is 1.76 bits per heavy atom.